The number of nitrogens with one attached hydrogen (secondary N) is 3. The highest BCUT2D eigenvalue weighted by Crippen LogP contribution is 1.98. The number of hydrogen-bond acceptors (Lipinski definition) is 4. The predicted octanol–water partition coefficient (Wildman–Crippen LogP) is -3.11. The number of imide groups is 1. The number of nitrogens with zero attached hydrogens (tertiary/aromatic N) is 1. The first-order valence-corrected chi connectivity index (χ1v) is 3.98. The summed E-state index contributed by atoms with van der Waals surface area (Å²) in [4.78, 5) is 32.8. The fourth-order valence-electron chi connectivity index (χ4n) is 0.961. The van der Waals surface area contributed by atoms with Crippen molar-refractivity contribution in [2.24, 2.45) is 16.6 Å². The van der Waals surface area contributed by atoms with Crippen LogP contribution in [0, 0.1) is 0 Å². The minimum Gasteiger partial charge on any atom is -0.369 e. The lowest BCUT2D eigenvalue weighted by Gasteiger charge is -2.04. The Morgan fingerprint density at radius 3 is 2.60 bits per heavy atom. The van der Waals surface area contributed by atoms with E-state index in [0.29, 0.717) is 0 Å². The number of urea groups is 1. The van der Waals surface area contributed by atoms with E-state index in [1.54, 1.807) is 0 Å². The summed E-state index contributed by atoms with van der Waals surface area (Å²) in [5.41, 5.74) is 11.9. The molecule has 0 aromatic heterocycles. The van der Waals surface area contributed by atoms with Crippen LogP contribution in [0.2, 0.25) is 0 Å². The zero-order valence-electron chi connectivity index (χ0n) is 7.61. The third-order valence-electron chi connectivity index (χ3n) is 1.56. The van der Waals surface area contributed by atoms with Gasteiger partial charge in [0.05, 0.1) is 6.42 Å². The Morgan fingerprint density at radius 2 is 2.13 bits per heavy atom. The van der Waals surface area contributed by atoms with Crippen LogP contribution >= 0.6 is 0 Å². The zero-order valence-corrected chi connectivity index (χ0v) is 7.61. The van der Waals surface area contributed by atoms with E-state index >= 15 is 0 Å². The number of carbonyl (C=O) groups is 3. The largest absolute Gasteiger partial charge is 0.369 e. The smallest absolute Gasteiger partial charge is 0.322 e. The summed E-state index contributed by atoms with van der Waals surface area (Å²) in [5.74, 6) is -1.44. The minimum absolute atomic E-state index is 0.228. The quantitative estimate of drug-likeness (QED) is 0.146. The topological polar surface area (TPSA) is 152 Å². The molecule has 1 fully saturated rings. The molecule has 1 saturated heterocycles. The summed E-state index contributed by atoms with van der Waals surface area (Å²) in [6, 6.07) is -1.51. The number of nitrogens with two attached hydrogens (primary N) is 2. The number of rotatable bonds is 3. The Morgan fingerprint density at radius 1 is 1.47 bits per heavy atom. The molecule has 0 bridgehead atoms. The molecule has 1 aliphatic heterocycles. The maximum Gasteiger partial charge on any atom is 0.322 e. The van der Waals surface area contributed by atoms with Gasteiger partial charge in [0, 0.05) is 0 Å². The lowest BCUT2D eigenvalue weighted by molar-refractivity contribution is -0.126. The van der Waals surface area contributed by atoms with E-state index in [1.807, 2.05) is 10.7 Å². The van der Waals surface area contributed by atoms with Crippen molar-refractivity contribution < 1.29 is 14.4 Å². The number of hydrogen-bond donors (Lipinski definition) is 5. The van der Waals surface area contributed by atoms with Gasteiger partial charge in [-0.25, -0.2) is 10.2 Å². The summed E-state index contributed by atoms with van der Waals surface area (Å²) in [6.07, 6.45) is -0.228. The third kappa shape index (κ3) is 3.14. The van der Waals surface area contributed by atoms with Crippen molar-refractivity contribution in [3.05, 3.63) is 0 Å². The van der Waals surface area contributed by atoms with Crippen molar-refractivity contribution in [1.82, 2.24) is 16.1 Å². The van der Waals surface area contributed by atoms with E-state index in [-0.39, 0.29) is 12.4 Å². The maximum absolute atomic E-state index is 11.1. The van der Waals surface area contributed by atoms with Crippen molar-refractivity contribution >= 4 is 23.8 Å². The molecule has 1 heterocycles. The number of hydrazone groups is 1. The van der Waals surface area contributed by atoms with Gasteiger partial charge in [-0.05, 0) is 0 Å². The van der Waals surface area contributed by atoms with Crippen LogP contribution in [0.5, 0.6) is 0 Å². The van der Waals surface area contributed by atoms with Crippen molar-refractivity contribution in [3.63, 3.8) is 0 Å². The van der Waals surface area contributed by atoms with Crippen LogP contribution in [0.3, 0.4) is 0 Å². The average molecular weight is 214 g/mol. The summed E-state index contributed by atoms with van der Waals surface area (Å²) in [6.45, 7) is 0. The van der Waals surface area contributed by atoms with E-state index in [1.165, 1.54) is 0 Å². The second-order valence-electron chi connectivity index (χ2n) is 2.79. The molecule has 4 amide bonds. The predicted molar refractivity (Wildman–Crippen MR) is 49.0 cm³/mol. The molecule has 9 heteroatoms. The first-order valence-electron chi connectivity index (χ1n) is 3.98. The average Bonchev–Trinajstić information content (AvgIpc) is 2.42. The van der Waals surface area contributed by atoms with E-state index in [4.69, 9.17) is 11.5 Å². The first kappa shape index (κ1) is 10.8. The Balaban J connectivity index is 2.42. The molecule has 1 rings (SSSR count). The van der Waals surface area contributed by atoms with Crippen LogP contribution in [0.1, 0.15) is 6.42 Å². The molecular formula is C6H10N6O3. The standard InChI is InChI=1S/C6H10N6O3/c7-5(8)12-11-3(13)1-2-4(14)10-6(15)9-2/h2H,1H2,(H,11,13)(H4,7,8,12)(H2,9,10,14,15). The molecule has 15 heavy (non-hydrogen) atoms. The lowest BCUT2D eigenvalue weighted by atomic mass is 10.2. The van der Waals surface area contributed by atoms with Crippen LogP contribution in [0.15, 0.2) is 5.10 Å². The molecular weight excluding hydrogens is 204 g/mol. The molecule has 82 valence electrons. The summed E-state index contributed by atoms with van der Waals surface area (Å²) >= 11 is 0. The number of carbonyl (C=O) groups excluding carboxylic acids is 3. The monoisotopic (exact) mass is 214 g/mol. The molecule has 0 aliphatic carbocycles. The zero-order chi connectivity index (χ0) is 11.4. The molecule has 1 unspecified atom stereocenters. The minimum atomic E-state index is -0.883. The molecule has 1 aliphatic rings. The fraction of sp³-hybridized carbons (Fsp3) is 0.333. The Hall–Kier alpha value is -2.32. The summed E-state index contributed by atoms with van der Waals surface area (Å²) in [7, 11) is 0. The highest BCUT2D eigenvalue weighted by Gasteiger charge is 2.31. The Labute approximate surface area is 84.2 Å². The first-order chi connectivity index (χ1) is 6.99. The van der Waals surface area contributed by atoms with Gasteiger partial charge < -0.3 is 16.8 Å². The molecule has 0 radical (unpaired) electrons. The van der Waals surface area contributed by atoms with E-state index in [0.717, 1.165) is 0 Å². The Kier molecular flexibility index (Phi) is 3.06. The normalized spacial score (nSPS) is 19.1. The number of amides is 4. The second-order valence-corrected chi connectivity index (χ2v) is 2.79. The highest BCUT2D eigenvalue weighted by molar-refractivity contribution is 6.05. The van der Waals surface area contributed by atoms with Gasteiger partial charge in [0.15, 0.2) is 0 Å². The maximum atomic E-state index is 11.1. The van der Waals surface area contributed by atoms with Gasteiger partial charge in [0.25, 0.3) is 5.91 Å². The molecule has 0 aromatic rings. The van der Waals surface area contributed by atoms with E-state index in [9.17, 15) is 14.4 Å². The highest BCUT2D eigenvalue weighted by atomic mass is 16.2. The third-order valence-corrected chi connectivity index (χ3v) is 1.56. The van der Waals surface area contributed by atoms with Crippen molar-refractivity contribution in [3.8, 4) is 0 Å². The van der Waals surface area contributed by atoms with Gasteiger partial charge in [0.1, 0.15) is 6.04 Å². The number of guanidine groups is 1. The van der Waals surface area contributed by atoms with Crippen LogP contribution in [-0.4, -0.2) is 29.8 Å². The molecule has 0 spiro atoms. The van der Waals surface area contributed by atoms with Gasteiger partial charge in [-0.3, -0.25) is 14.9 Å². The van der Waals surface area contributed by atoms with Crippen LogP contribution in [-0.2, 0) is 9.59 Å². The van der Waals surface area contributed by atoms with Gasteiger partial charge in [0.2, 0.25) is 11.9 Å². The van der Waals surface area contributed by atoms with Crippen molar-refractivity contribution in [2.75, 3.05) is 0 Å². The van der Waals surface area contributed by atoms with Gasteiger partial charge in [-0.15, -0.1) is 5.10 Å². The van der Waals surface area contributed by atoms with Gasteiger partial charge in [-0.2, -0.15) is 0 Å². The summed E-state index contributed by atoms with van der Waals surface area (Å²) < 4.78 is 0. The van der Waals surface area contributed by atoms with Crippen LogP contribution in [0.25, 0.3) is 0 Å². The van der Waals surface area contributed by atoms with E-state index < -0.39 is 23.9 Å². The Bertz CT molecular complexity index is 334. The van der Waals surface area contributed by atoms with Crippen molar-refractivity contribution in [1.29, 1.82) is 0 Å². The molecule has 0 saturated carbocycles. The van der Waals surface area contributed by atoms with Gasteiger partial charge >= 0.3 is 6.03 Å². The molecule has 1 atom stereocenters. The summed E-state index contributed by atoms with van der Waals surface area (Å²) in [5, 5.41) is 7.47. The van der Waals surface area contributed by atoms with Crippen LogP contribution < -0.4 is 27.5 Å². The molecule has 7 N–H and O–H groups in total. The fourth-order valence-corrected chi connectivity index (χ4v) is 0.961. The molecule has 9 nitrogen and oxygen atoms in total. The SMILES string of the molecule is NC(N)=NNC(=O)CC1NC(=O)NC1=O. The van der Waals surface area contributed by atoms with Crippen molar-refractivity contribution in [2.45, 2.75) is 12.5 Å². The lowest BCUT2D eigenvalue weighted by Crippen LogP contribution is -2.36. The second kappa shape index (κ2) is 4.26. The molecule has 0 aromatic carbocycles. The van der Waals surface area contributed by atoms with E-state index in [2.05, 4.69) is 10.4 Å². The van der Waals surface area contributed by atoms with Crippen LogP contribution in [0.4, 0.5) is 4.79 Å². The van der Waals surface area contributed by atoms with Gasteiger partial charge in [-0.1, -0.05) is 0 Å².